The number of nitrogens with zero attached hydrogens (tertiary/aromatic N) is 6. The summed E-state index contributed by atoms with van der Waals surface area (Å²) in [5, 5.41) is 5.77. The van der Waals surface area contributed by atoms with Gasteiger partial charge in [0, 0.05) is 39.1 Å². The number of aryl methyl sites for hydroxylation is 1. The average Bonchev–Trinajstić information content (AvgIpc) is 3.30. The Morgan fingerprint density at radius 1 is 0.821 bits per heavy atom. The van der Waals surface area contributed by atoms with E-state index in [2.05, 4.69) is 34.1 Å². The van der Waals surface area contributed by atoms with E-state index in [4.69, 9.17) is 19.8 Å². The maximum Gasteiger partial charge on any atom is 0.169 e. The lowest BCUT2D eigenvalue weighted by Crippen LogP contribution is -2.46. The summed E-state index contributed by atoms with van der Waals surface area (Å²) in [6.45, 7) is 6.46. The summed E-state index contributed by atoms with van der Waals surface area (Å²) in [5.41, 5.74) is 4.80. The van der Waals surface area contributed by atoms with E-state index < -0.39 is 0 Å². The number of benzene rings is 3. The molecular weight excluding hydrogens is 491 g/mol. The summed E-state index contributed by atoms with van der Waals surface area (Å²) in [5.74, 6) is 2.26. The molecule has 6 rings (SSSR count). The van der Waals surface area contributed by atoms with Crippen LogP contribution in [0, 0.1) is 12.7 Å². The number of hydrogen-bond acceptors (Lipinski definition) is 6. The lowest BCUT2D eigenvalue weighted by atomic mass is 10.1. The highest BCUT2D eigenvalue weighted by Gasteiger charge is 2.25. The van der Waals surface area contributed by atoms with Crippen LogP contribution in [-0.2, 0) is 13.0 Å². The standard InChI is InChI=1S/C31H31FN6O/c1-22-29-30(37-18-16-36(17-19-37)21-24-8-14-27(39-2)15-9-24)33-28(20-23-6-4-3-5-7-23)34-31(29)38(35-22)26-12-10-25(32)11-13-26/h3-15H,16-21H2,1-2H3. The van der Waals surface area contributed by atoms with Crippen molar-refractivity contribution in [2.45, 2.75) is 19.9 Å². The normalized spacial score (nSPS) is 14.2. The van der Waals surface area contributed by atoms with Gasteiger partial charge in [0.2, 0.25) is 0 Å². The Morgan fingerprint density at radius 2 is 1.54 bits per heavy atom. The van der Waals surface area contributed by atoms with Crippen molar-refractivity contribution >= 4 is 16.9 Å². The van der Waals surface area contributed by atoms with Crippen LogP contribution in [-0.4, -0.2) is 57.9 Å². The Bertz CT molecular complexity index is 1560. The minimum atomic E-state index is -0.278. The van der Waals surface area contributed by atoms with Gasteiger partial charge in [0.25, 0.3) is 0 Å². The molecule has 1 aliphatic rings. The van der Waals surface area contributed by atoms with Crippen molar-refractivity contribution < 1.29 is 9.13 Å². The zero-order chi connectivity index (χ0) is 26.8. The molecule has 1 fully saturated rings. The first kappa shape index (κ1) is 25.0. The number of aromatic nitrogens is 4. The Balaban J connectivity index is 1.32. The number of methoxy groups -OCH3 is 1. The zero-order valence-corrected chi connectivity index (χ0v) is 22.2. The van der Waals surface area contributed by atoms with Crippen molar-refractivity contribution in [3.05, 3.63) is 107 Å². The average molecular weight is 523 g/mol. The molecule has 1 saturated heterocycles. The highest BCUT2D eigenvalue weighted by molar-refractivity contribution is 5.91. The number of anilines is 1. The molecule has 39 heavy (non-hydrogen) atoms. The van der Waals surface area contributed by atoms with Crippen LogP contribution in [0.5, 0.6) is 5.75 Å². The van der Waals surface area contributed by atoms with Gasteiger partial charge in [0.05, 0.1) is 23.9 Å². The van der Waals surface area contributed by atoms with Gasteiger partial charge >= 0.3 is 0 Å². The van der Waals surface area contributed by atoms with Gasteiger partial charge in [-0.15, -0.1) is 0 Å². The van der Waals surface area contributed by atoms with Crippen molar-refractivity contribution in [2.24, 2.45) is 0 Å². The number of hydrogen-bond donors (Lipinski definition) is 0. The van der Waals surface area contributed by atoms with Crippen LogP contribution in [0.25, 0.3) is 16.7 Å². The number of piperazine rings is 1. The van der Waals surface area contributed by atoms with Crippen molar-refractivity contribution in [3.8, 4) is 11.4 Å². The first-order valence-corrected chi connectivity index (χ1v) is 13.2. The van der Waals surface area contributed by atoms with Gasteiger partial charge in [-0.05, 0) is 54.4 Å². The van der Waals surface area contributed by atoms with Gasteiger partial charge in [-0.1, -0.05) is 42.5 Å². The zero-order valence-electron chi connectivity index (χ0n) is 22.2. The van der Waals surface area contributed by atoms with E-state index in [1.54, 1.807) is 19.2 Å². The van der Waals surface area contributed by atoms with Crippen molar-refractivity contribution in [1.82, 2.24) is 24.6 Å². The third kappa shape index (κ3) is 5.33. The number of fused-ring (bicyclic) bond motifs is 1. The molecule has 0 aliphatic carbocycles. The Hall–Kier alpha value is -4.30. The van der Waals surface area contributed by atoms with Crippen LogP contribution in [0.3, 0.4) is 0 Å². The van der Waals surface area contributed by atoms with Gasteiger partial charge in [-0.3, -0.25) is 4.90 Å². The molecule has 0 saturated carbocycles. The van der Waals surface area contributed by atoms with Gasteiger partial charge < -0.3 is 9.64 Å². The van der Waals surface area contributed by atoms with Crippen LogP contribution in [0.15, 0.2) is 78.9 Å². The molecule has 0 N–H and O–H groups in total. The SMILES string of the molecule is COc1ccc(CN2CCN(c3nc(Cc4ccccc4)nc4c3c(C)nn4-c3ccc(F)cc3)CC2)cc1. The molecule has 3 heterocycles. The summed E-state index contributed by atoms with van der Waals surface area (Å²) >= 11 is 0. The van der Waals surface area contributed by atoms with E-state index >= 15 is 0 Å². The smallest absolute Gasteiger partial charge is 0.169 e. The predicted octanol–water partition coefficient (Wildman–Crippen LogP) is 5.18. The lowest BCUT2D eigenvalue weighted by Gasteiger charge is -2.35. The fraction of sp³-hybridized carbons (Fsp3) is 0.258. The number of ether oxygens (including phenoxy) is 1. The highest BCUT2D eigenvalue weighted by atomic mass is 19.1. The second-order valence-corrected chi connectivity index (χ2v) is 9.91. The van der Waals surface area contributed by atoms with Gasteiger partial charge in [0.15, 0.2) is 5.65 Å². The van der Waals surface area contributed by atoms with Crippen LogP contribution >= 0.6 is 0 Å². The van der Waals surface area contributed by atoms with E-state index in [0.29, 0.717) is 6.42 Å². The quantitative estimate of drug-likeness (QED) is 0.293. The van der Waals surface area contributed by atoms with Gasteiger partial charge in [-0.25, -0.2) is 19.0 Å². The third-order valence-corrected chi connectivity index (χ3v) is 7.24. The summed E-state index contributed by atoms with van der Waals surface area (Å²) in [6, 6.07) is 24.9. The second-order valence-electron chi connectivity index (χ2n) is 9.91. The number of rotatable bonds is 7. The predicted molar refractivity (Wildman–Crippen MR) is 151 cm³/mol. The molecule has 0 amide bonds. The molecule has 0 radical (unpaired) electrons. The maximum absolute atomic E-state index is 13.7. The monoisotopic (exact) mass is 522 g/mol. The van der Waals surface area contributed by atoms with Crippen molar-refractivity contribution in [3.63, 3.8) is 0 Å². The van der Waals surface area contributed by atoms with Gasteiger partial charge in [-0.2, -0.15) is 5.10 Å². The van der Waals surface area contributed by atoms with E-state index in [9.17, 15) is 4.39 Å². The van der Waals surface area contributed by atoms with E-state index in [1.165, 1.54) is 17.7 Å². The van der Waals surface area contributed by atoms with E-state index in [-0.39, 0.29) is 5.82 Å². The molecule has 198 valence electrons. The van der Waals surface area contributed by atoms with Crippen LogP contribution in [0.2, 0.25) is 0 Å². The molecule has 0 unspecified atom stereocenters. The fourth-order valence-corrected chi connectivity index (χ4v) is 5.16. The molecule has 0 atom stereocenters. The maximum atomic E-state index is 13.7. The summed E-state index contributed by atoms with van der Waals surface area (Å²) in [7, 11) is 1.69. The summed E-state index contributed by atoms with van der Waals surface area (Å²) in [6.07, 6.45) is 0.620. The van der Waals surface area contributed by atoms with E-state index in [1.807, 2.05) is 41.9 Å². The first-order chi connectivity index (χ1) is 19.1. The summed E-state index contributed by atoms with van der Waals surface area (Å²) < 4.78 is 20.8. The number of halogens is 1. The second kappa shape index (κ2) is 10.8. The molecule has 5 aromatic rings. The Labute approximate surface area is 227 Å². The molecular formula is C31H31FN6O. The molecule has 1 aliphatic heterocycles. The minimum Gasteiger partial charge on any atom is -0.497 e. The van der Waals surface area contributed by atoms with Crippen LogP contribution in [0.4, 0.5) is 10.2 Å². The minimum absolute atomic E-state index is 0.278. The topological polar surface area (TPSA) is 59.3 Å². The van der Waals surface area contributed by atoms with Crippen molar-refractivity contribution in [1.29, 1.82) is 0 Å². The molecule has 7 nitrogen and oxygen atoms in total. The van der Waals surface area contributed by atoms with Crippen LogP contribution in [0.1, 0.15) is 22.6 Å². The van der Waals surface area contributed by atoms with E-state index in [0.717, 1.165) is 78.1 Å². The first-order valence-electron chi connectivity index (χ1n) is 13.2. The fourth-order valence-electron chi connectivity index (χ4n) is 5.16. The lowest BCUT2D eigenvalue weighted by molar-refractivity contribution is 0.249. The molecule has 0 bridgehead atoms. The van der Waals surface area contributed by atoms with Crippen LogP contribution < -0.4 is 9.64 Å². The molecule has 8 heteroatoms. The van der Waals surface area contributed by atoms with Gasteiger partial charge in [0.1, 0.15) is 23.2 Å². The largest absolute Gasteiger partial charge is 0.497 e. The highest BCUT2D eigenvalue weighted by Crippen LogP contribution is 2.30. The Kier molecular flexibility index (Phi) is 6.94. The molecule has 3 aromatic carbocycles. The third-order valence-electron chi connectivity index (χ3n) is 7.24. The van der Waals surface area contributed by atoms with Crippen molar-refractivity contribution in [2.75, 3.05) is 38.2 Å². The molecule has 2 aromatic heterocycles. The summed E-state index contributed by atoms with van der Waals surface area (Å²) in [4.78, 5) is 14.9. The molecule has 0 spiro atoms. The Morgan fingerprint density at radius 3 is 2.23 bits per heavy atom.